The van der Waals surface area contributed by atoms with E-state index in [0.29, 0.717) is 22.1 Å². The van der Waals surface area contributed by atoms with Crippen molar-refractivity contribution in [3.8, 4) is 17.1 Å². The van der Waals surface area contributed by atoms with Crippen molar-refractivity contribution in [3.63, 3.8) is 0 Å². The molecule has 1 N–H and O–H groups in total. The zero-order valence-electron chi connectivity index (χ0n) is 18.9. The highest BCUT2D eigenvalue weighted by Crippen LogP contribution is 2.29. The van der Waals surface area contributed by atoms with Crippen LogP contribution in [0.5, 0.6) is 0 Å². The Morgan fingerprint density at radius 1 is 0.943 bits per heavy atom. The van der Waals surface area contributed by atoms with Crippen molar-refractivity contribution in [1.29, 1.82) is 0 Å². The largest absolute Gasteiger partial charge is 0.345 e. The summed E-state index contributed by atoms with van der Waals surface area (Å²) in [6, 6.07) is 18.3. The number of amides is 2. The maximum atomic E-state index is 14.5. The Hall–Kier alpha value is -4.05. The molecule has 2 amide bonds. The molecule has 0 radical (unpaired) electrons. The molecule has 1 aromatic heterocycles. The molecule has 35 heavy (non-hydrogen) atoms. The SMILES string of the molecule is CN(C)C(=O)c1ccc(NC(=O)CSc2nnc(-c3ccccc3F)n2-c2ccc(F)cc2)cc1. The summed E-state index contributed by atoms with van der Waals surface area (Å²) in [6.07, 6.45) is 0. The third kappa shape index (κ3) is 5.55. The van der Waals surface area contributed by atoms with Gasteiger partial charge in [0.15, 0.2) is 11.0 Å². The summed E-state index contributed by atoms with van der Waals surface area (Å²) in [4.78, 5) is 26.0. The number of hydrogen-bond acceptors (Lipinski definition) is 5. The number of rotatable bonds is 7. The molecule has 0 aliphatic rings. The Bertz CT molecular complexity index is 1360. The van der Waals surface area contributed by atoms with E-state index in [9.17, 15) is 18.4 Å². The highest BCUT2D eigenvalue weighted by atomic mass is 32.2. The second-order valence-corrected chi connectivity index (χ2v) is 8.65. The van der Waals surface area contributed by atoms with Crippen LogP contribution in [0.15, 0.2) is 78.0 Å². The van der Waals surface area contributed by atoms with Crippen molar-refractivity contribution in [1.82, 2.24) is 19.7 Å². The maximum absolute atomic E-state index is 14.5. The number of carbonyl (C=O) groups excluding carboxylic acids is 2. The predicted octanol–water partition coefficient (Wildman–Crippen LogP) is 4.65. The van der Waals surface area contributed by atoms with Gasteiger partial charge >= 0.3 is 0 Å². The van der Waals surface area contributed by atoms with Gasteiger partial charge in [0, 0.05) is 31.0 Å². The molecule has 3 aromatic carbocycles. The van der Waals surface area contributed by atoms with Gasteiger partial charge < -0.3 is 10.2 Å². The van der Waals surface area contributed by atoms with E-state index in [1.165, 1.54) is 35.2 Å². The summed E-state index contributed by atoms with van der Waals surface area (Å²) in [5, 5.41) is 11.4. The Labute approximate surface area is 204 Å². The lowest BCUT2D eigenvalue weighted by Gasteiger charge is -2.12. The first-order valence-corrected chi connectivity index (χ1v) is 11.5. The monoisotopic (exact) mass is 493 g/mol. The zero-order chi connectivity index (χ0) is 24.9. The number of carbonyl (C=O) groups is 2. The van der Waals surface area contributed by atoms with Crippen molar-refractivity contribution in [3.05, 3.63) is 90.0 Å². The summed E-state index contributed by atoms with van der Waals surface area (Å²) in [5.74, 6) is -1.10. The molecule has 0 spiro atoms. The summed E-state index contributed by atoms with van der Waals surface area (Å²) >= 11 is 1.11. The Morgan fingerprint density at radius 2 is 1.63 bits per heavy atom. The third-order valence-electron chi connectivity index (χ3n) is 4.99. The fraction of sp³-hybridized carbons (Fsp3) is 0.120. The first-order valence-electron chi connectivity index (χ1n) is 10.5. The van der Waals surface area contributed by atoms with Crippen LogP contribution >= 0.6 is 11.8 Å². The van der Waals surface area contributed by atoms with Crippen LogP contribution < -0.4 is 5.32 Å². The molecule has 4 aromatic rings. The van der Waals surface area contributed by atoms with Crippen molar-refractivity contribution in [2.24, 2.45) is 0 Å². The van der Waals surface area contributed by atoms with Crippen molar-refractivity contribution in [2.45, 2.75) is 5.16 Å². The third-order valence-corrected chi connectivity index (χ3v) is 5.92. The van der Waals surface area contributed by atoms with Crippen LogP contribution in [0.4, 0.5) is 14.5 Å². The highest BCUT2D eigenvalue weighted by Gasteiger charge is 2.19. The second kappa shape index (κ2) is 10.5. The lowest BCUT2D eigenvalue weighted by atomic mass is 10.2. The normalized spacial score (nSPS) is 10.7. The summed E-state index contributed by atoms with van der Waals surface area (Å²) in [5.41, 5.74) is 1.81. The maximum Gasteiger partial charge on any atom is 0.253 e. The predicted molar refractivity (Wildman–Crippen MR) is 131 cm³/mol. The summed E-state index contributed by atoms with van der Waals surface area (Å²) in [6.45, 7) is 0. The molecule has 0 aliphatic heterocycles. The van der Waals surface area contributed by atoms with E-state index in [1.807, 2.05) is 0 Å². The van der Waals surface area contributed by atoms with Gasteiger partial charge in [-0.2, -0.15) is 0 Å². The summed E-state index contributed by atoms with van der Waals surface area (Å²) in [7, 11) is 3.33. The lowest BCUT2D eigenvalue weighted by Crippen LogP contribution is -2.21. The standard InChI is InChI=1S/C25H21F2N5O2S/c1-31(2)24(34)16-7-11-18(12-8-16)28-22(33)15-35-25-30-29-23(20-5-3-4-6-21(20)27)32(25)19-13-9-17(26)10-14-19/h3-14H,15H2,1-2H3,(H,28,33). The Balaban J connectivity index is 1.53. The number of halogens is 2. The second-order valence-electron chi connectivity index (χ2n) is 7.71. The smallest absolute Gasteiger partial charge is 0.253 e. The van der Waals surface area contributed by atoms with Gasteiger partial charge in [-0.3, -0.25) is 14.2 Å². The molecule has 10 heteroatoms. The van der Waals surface area contributed by atoms with Gasteiger partial charge in [0.05, 0.1) is 11.3 Å². The molecular formula is C25H21F2N5O2S. The molecule has 7 nitrogen and oxygen atoms in total. The van der Waals surface area contributed by atoms with Gasteiger partial charge in [0.2, 0.25) is 5.91 Å². The number of nitrogens with zero attached hydrogens (tertiary/aromatic N) is 4. The topological polar surface area (TPSA) is 80.1 Å². The molecule has 1 heterocycles. The molecule has 0 fully saturated rings. The van der Waals surface area contributed by atoms with E-state index in [4.69, 9.17) is 0 Å². The van der Waals surface area contributed by atoms with E-state index in [1.54, 1.807) is 61.1 Å². The Kier molecular flexibility index (Phi) is 7.21. The minimum absolute atomic E-state index is 0.00498. The molecule has 0 unspecified atom stereocenters. The zero-order valence-corrected chi connectivity index (χ0v) is 19.7. The quantitative estimate of drug-likeness (QED) is 0.379. The highest BCUT2D eigenvalue weighted by molar-refractivity contribution is 7.99. The van der Waals surface area contributed by atoms with E-state index in [-0.39, 0.29) is 29.0 Å². The van der Waals surface area contributed by atoms with E-state index >= 15 is 0 Å². The molecule has 178 valence electrons. The number of aromatic nitrogens is 3. The Morgan fingerprint density at radius 3 is 2.29 bits per heavy atom. The van der Waals surface area contributed by atoms with Gasteiger partial charge in [-0.05, 0) is 60.7 Å². The van der Waals surface area contributed by atoms with Crippen LogP contribution in [-0.4, -0.2) is 51.3 Å². The number of benzene rings is 3. The van der Waals surface area contributed by atoms with Crippen LogP contribution in [0, 0.1) is 11.6 Å². The number of hydrogen-bond donors (Lipinski definition) is 1. The number of anilines is 1. The molecule has 0 atom stereocenters. The molecule has 0 saturated carbocycles. The van der Waals surface area contributed by atoms with Crippen LogP contribution in [-0.2, 0) is 4.79 Å². The van der Waals surface area contributed by atoms with Crippen molar-refractivity contribution < 1.29 is 18.4 Å². The van der Waals surface area contributed by atoms with Gasteiger partial charge in [0.25, 0.3) is 5.91 Å². The van der Waals surface area contributed by atoms with Crippen LogP contribution in [0.1, 0.15) is 10.4 Å². The molecule has 4 rings (SSSR count). The average molecular weight is 494 g/mol. The molecule has 0 aliphatic carbocycles. The van der Waals surface area contributed by atoms with E-state index in [0.717, 1.165) is 11.8 Å². The minimum Gasteiger partial charge on any atom is -0.345 e. The fourth-order valence-electron chi connectivity index (χ4n) is 3.28. The van der Waals surface area contributed by atoms with Gasteiger partial charge in [-0.25, -0.2) is 8.78 Å². The van der Waals surface area contributed by atoms with Crippen molar-refractivity contribution in [2.75, 3.05) is 25.2 Å². The molecule has 0 saturated heterocycles. The minimum atomic E-state index is -0.478. The van der Waals surface area contributed by atoms with Crippen LogP contribution in [0.25, 0.3) is 17.1 Å². The average Bonchev–Trinajstić information content (AvgIpc) is 3.27. The first-order chi connectivity index (χ1) is 16.8. The van der Waals surface area contributed by atoms with E-state index in [2.05, 4.69) is 15.5 Å². The summed E-state index contributed by atoms with van der Waals surface area (Å²) < 4.78 is 29.6. The van der Waals surface area contributed by atoms with Gasteiger partial charge in [-0.15, -0.1) is 10.2 Å². The van der Waals surface area contributed by atoms with Crippen molar-refractivity contribution >= 4 is 29.3 Å². The number of thioether (sulfide) groups is 1. The lowest BCUT2D eigenvalue weighted by molar-refractivity contribution is -0.113. The molecule has 0 bridgehead atoms. The van der Waals surface area contributed by atoms with Gasteiger partial charge in [0.1, 0.15) is 11.6 Å². The van der Waals surface area contributed by atoms with Crippen LogP contribution in [0.2, 0.25) is 0 Å². The number of nitrogens with one attached hydrogen (secondary N) is 1. The van der Waals surface area contributed by atoms with Gasteiger partial charge in [-0.1, -0.05) is 23.9 Å². The first kappa shape index (κ1) is 24.1. The molecular weight excluding hydrogens is 472 g/mol. The van der Waals surface area contributed by atoms with Crippen LogP contribution in [0.3, 0.4) is 0 Å². The fourth-order valence-corrected chi connectivity index (χ4v) is 4.04. The van der Waals surface area contributed by atoms with E-state index < -0.39 is 11.6 Å².